The average Bonchev–Trinajstić information content (AvgIpc) is 3.71. The topological polar surface area (TPSA) is 86.1 Å². The number of carbonyl (C=O) groups is 1. The van der Waals surface area contributed by atoms with Gasteiger partial charge in [-0.2, -0.15) is 0 Å². The third-order valence-electron chi connectivity index (χ3n) is 8.96. The number of benzene rings is 3. The average molecular weight is 606 g/mol. The number of para-hydroxylation sites is 1. The van der Waals surface area contributed by atoms with Crippen LogP contribution in [0.1, 0.15) is 59.4 Å². The molecule has 2 fully saturated rings. The van der Waals surface area contributed by atoms with E-state index in [1.54, 1.807) is 37.3 Å². The van der Waals surface area contributed by atoms with E-state index in [0.717, 1.165) is 67.9 Å². The predicted molar refractivity (Wildman–Crippen MR) is 159 cm³/mol. The summed E-state index contributed by atoms with van der Waals surface area (Å²) in [5.74, 6) is 0.184. The standard InChI is InChI=1S/C33H33ClFN3O5/c1-33(25-7-6-23(34)16-26(25)35)42-29-4-2-3-24(31(29)43-33)21-9-12-37(13-10-21)18-30-36-27-8-5-22(32(39)40)15-28(27)38(30)17-20-11-14-41-19-20/h2-8,15-16,20-21H,9-14,17-19H2,1H3,(H,39,40). The van der Waals surface area contributed by atoms with E-state index in [4.69, 9.17) is 30.8 Å². The molecule has 4 aromatic rings. The number of carboxylic acids is 1. The normalized spacial score (nSPS) is 22.4. The number of rotatable bonds is 7. The Balaban J connectivity index is 1.08. The number of imidazole rings is 1. The number of hydrogen-bond donors (Lipinski definition) is 1. The summed E-state index contributed by atoms with van der Waals surface area (Å²) in [7, 11) is 0. The van der Waals surface area contributed by atoms with Gasteiger partial charge in [-0.1, -0.05) is 23.7 Å². The van der Waals surface area contributed by atoms with Crippen LogP contribution in [0, 0.1) is 11.7 Å². The van der Waals surface area contributed by atoms with Crippen LogP contribution in [-0.2, 0) is 23.6 Å². The highest BCUT2D eigenvalue weighted by Gasteiger charge is 2.43. The molecule has 0 amide bonds. The van der Waals surface area contributed by atoms with E-state index in [1.807, 2.05) is 12.1 Å². The fourth-order valence-corrected chi connectivity index (χ4v) is 6.81. The minimum Gasteiger partial charge on any atom is -0.478 e. The molecule has 0 radical (unpaired) electrons. The summed E-state index contributed by atoms with van der Waals surface area (Å²) in [5.41, 5.74) is 3.31. The monoisotopic (exact) mass is 605 g/mol. The molecule has 8 nitrogen and oxygen atoms in total. The van der Waals surface area contributed by atoms with E-state index in [0.29, 0.717) is 41.2 Å². The molecule has 2 saturated heterocycles. The number of halogens is 2. The van der Waals surface area contributed by atoms with Gasteiger partial charge < -0.3 is 23.9 Å². The number of hydrogen-bond acceptors (Lipinski definition) is 6. The lowest BCUT2D eigenvalue weighted by molar-refractivity contribution is -0.0712. The van der Waals surface area contributed by atoms with Crippen LogP contribution in [0.25, 0.3) is 11.0 Å². The van der Waals surface area contributed by atoms with Crippen LogP contribution >= 0.6 is 11.6 Å². The van der Waals surface area contributed by atoms with Crippen LogP contribution in [-0.4, -0.2) is 51.8 Å². The van der Waals surface area contributed by atoms with Gasteiger partial charge in [0.15, 0.2) is 11.5 Å². The zero-order chi connectivity index (χ0) is 29.7. The van der Waals surface area contributed by atoms with Crippen molar-refractivity contribution in [2.24, 2.45) is 5.92 Å². The van der Waals surface area contributed by atoms with Crippen LogP contribution in [0.15, 0.2) is 54.6 Å². The number of likely N-dealkylation sites (tertiary alicyclic amines) is 1. The second-order valence-electron chi connectivity index (χ2n) is 11.9. The fourth-order valence-electron chi connectivity index (χ4n) is 6.65. The largest absolute Gasteiger partial charge is 0.478 e. The van der Waals surface area contributed by atoms with Crippen LogP contribution in [0.4, 0.5) is 4.39 Å². The highest BCUT2D eigenvalue weighted by Crippen LogP contribution is 2.50. The van der Waals surface area contributed by atoms with Gasteiger partial charge in [-0.05, 0) is 80.7 Å². The molecule has 4 heterocycles. The van der Waals surface area contributed by atoms with Crippen molar-refractivity contribution in [2.75, 3.05) is 26.3 Å². The molecule has 0 spiro atoms. The molecule has 2 atom stereocenters. The lowest BCUT2D eigenvalue weighted by Crippen LogP contribution is -2.34. The quantitative estimate of drug-likeness (QED) is 0.254. The Bertz CT molecular complexity index is 1700. The zero-order valence-electron chi connectivity index (χ0n) is 23.9. The van der Waals surface area contributed by atoms with E-state index < -0.39 is 17.6 Å². The second-order valence-corrected chi connectivity index (χ2v) is 12.3. The van der Waals surface area contributed by atoms with Crippen molar-refractivity contribution < 1.29 is 28.5 Å². The number of piperidine rings is 1. The summed E-state index contributed by atoms with van der Waals surface area (Å²) >= 11 is 5.98. The van der Waals surface area contributed by atoms with Crippen molar-refractivity contribution in [3.63, 3.8) is 0 Å². The molecular formula is C33H33ClFN3O5. The maximum Gasteiger partial charge on any atom is 0.335 e. The maximum atomic E-state index is 14.8. The smallest absolute Gasteiger partial charge is 0.335 e. The zero-order valence-corrected chi connectivity index (χ0v) is 24.6. The minimum atomic E-state index is -1.28. The predicted octanol–water partition coefficient (Wildman–Crippen LogP) is 6.59. The summed E-state index contributed by atoms with van der Waals surface area (Å²) in [6, 6.07) is 15.6. The summed E-state index contributed by atoms with van der Waals surface area (Å²) in [6.07, 6.45) is 2.83. The molecule has 224 valence electrons. The van der Waals surface area contributed by atoms with Crippen molar-refractivity contribution in [1.29, 1.82) is 0 Å². The van der Waals surface area contributed by atoms with E-state index >= 15 is 0 Å². The summed E-state index contributed by atoms with van der Waals surface area (Å²) in [6.45, 7) is 6.37. The minimum absolute atomic E-state index is 0.264. The van der Waals surface area contributed by atoms with Gasteiger partial charge in [-0.15, -0.1) is 0 Å². The number of ether oxygens (including phenoxy) is 3. The maximum absolute atomic E-state index is 14.8. The Hall–Kier alpha value is -3.66. The van der Waals surface area contributed by atoms with Gasteiger partial charge in [0.05, 0.1) is 35.3 Å². The molecule has 0 aliphatic carbocycles. The van der Waals surface area contributed by atoms with Gasteiger partial charge in [-0.25, -0.2) is 14.2 Å². The molecule has 0 saturated carbocycles. The van der Waals surface area contributed by atoms with Crippen LogP contribution in [0.3, 0.4) is 0 Å². The van der Waals surface area contributed by atoms with Gasteiger partial charge in [-0.3, -0.25) is 4.90 Å². The van der Waals surface area contributed by atoms with Crippen LogP contribution in [0.2, 0.25) is 5.02 Å². The second kappa shape index (κ2) is 11.1. The van der Waals surface area contributed by atoms with Crippen molar-refractivity contribution in [3.05, 3.63) is 88.0 Å². The Labute approximate surface area is 253 Å². The molecular weight excluding hydrogens is 573 g/mol. The molecule has 10 heteroatoms. The number of aromatic carboxylic acids is 1. The number of carboxylic acid groups (broad SMARTS) is 1. The molecule has 3 aromatic carbocycles. The van der Waals surface area contributed by atoms with E-state index in [-0.39, 0.29) is 11.5 Å². The Morgan fingerprint density at radius 1 is 1.12 bits per heavy atom. The molecule has 1 N–H and O–H groups in total. The highest BCUT2D eigenvalue weighted by molar-refractivity contribution is 6.30. The Morgan fingerprint density at radius 2 is 1.95 bits per heavy atom. The number of fused-ring (bicyclic) bond motifs is 2. The van der Waals surface area contributed by atoms with Gasteiger partial charge in [0, 0.05) is 36.6 Å². The third kappa shape index (κ3) is 5.34. The number of nitrogens with zero attached hydrogens (tertiary/aromatic N) is 3. The van der Waals surface area contributed by atoms with Crippen molar-refractivity contribution in [2.45, 2.75) is 51.0 Å². The molecule has 43 heavy (non-hydrogen) atoms. The van der Waals surface area contributed by atoms with Crippen molar-refractivity contribution in [3.8, 4) is 11.5 Å². The van der Waals surface area contributed by atoms with E-state index in [1.165, 1.54) is 6.07 Å². The highest BCUT2D eigenvalue weighted by atomic mass is 35.5. The van der Waals surface area contributed by atoms with E-state index in [9.17, 15) is 14.3 Å². The lowest BCUT2D eigenvalue weighted by atomic mass is 9.88. The molecule has 3 aliphatic heterocycles. The molecule has 2 unspecified atom stereocenters. The summed E-state index contributed by atoms with van der Waals surface area (Å²) < 4.78 is 35.2. The Morgan fingerprint density at radius 3 is 2.70 bits per heavy atom. The first-order valence-electron chi connectivity index (χ1n) is 14.8. The number of aromatic nitrogens is 2. The summed E-state index contributed by atoms with van der Waals surface area (Å²) in [4.78, 5) is 19.0. The molecule has 1 aromatic heterocycles. The van der Waals surface area contributed by atoms with Gasteiger partial charge >= 0.3 is 5.97 Å². The lowest BCUT2D eigenvalue weighted by Gasteiger charge is -2.32. The van der Waals surface area contributed by atoms with E-state index in [2.05, 4.69) is 15.5 Å². The third-order valence-corrected chi connectivity index (χ3v) is 9.20. The van der Waals surface area contributed by atoms with Crippen LogP contribution in [0.5, 0.6) is 11.5 Å². The van der Waals surface area contributed by atoms with Crippen LogP contribution < -0.4 is 9.47 Å². The fraction of sp³-hybridized carbons (Fsp3) is 0.394. The SMILES string of the molecule is CC1(c2ccc(Cl)cc2F)Oc2cccc(C3CCN(Cc4nc5ccc(C(=O)O)cc5n4CC4CCOC4)CC3)c2O1. The first-order valence-corrected chi connectivity index (χ1v) is 15.1. The molecule has 3 aliphatic rings. The molecule has 7 rings (SSSR count). The van der Waals surface area contributed by atoms with Gasteiger partial charge in [0.1, 0.15) is 11.6 Å². The first kappa shape index (κ1) is 28.1. The van der Waals surface area contributed by atoms with Gasteiger partial charge in [0.2, 0.25) is 0 Å². The van der Waals surface area contributed by atoms with Crippen molar-refractivity contribution >= 4 is 28.6 Å². The van der Waals surface area contributed by atoms with Crippen molar-refractivity contribution in [1.82, 2.24) is 14.5 Å². The Kier molecular flexibility index (Phi) is 7.27. The first-order chi connectivity index (χ1) is 20.8. The summed E-state index contributed by atoms with van der Waals surface area (Å²) in [5, 5.41) is 9.90. The molecule has 0 bridgehead atoms. The van der Waals surface area contributed by atoms with Gasteiger partial charge in [0.25, 0.3) is 5.79 Å².